The SMILES string of the molecule is Cc1cc(-c2c[nH]c3ncc(-c4cc(C)c5c(c4)CN(CCC(=O)N[C@H]4CC[C@H](O)C4)CC5)nc23)ccc1C(=O)N(C)C. The molecule has 2 aliphatic rings. The molecule has 4 aromatic rings. The number of nitrogens with zero attached hydrogens (tertiary/aromatic N) is 4. The largest absolute Gasteiger partial charge is 0.393 e. The van der Waals surface area contributed by atoms with Crippen LogP contribution in [-0.2, 0) is 17.8 Å². The molecule has 2 amide bonds. The lowest BCUT2D eigenvalue weighted by atomic mass is 9.92. The molecule has 2 aromatic carbocycles. The molecule has 0 spiro atoms. The van der Waals surface area contributed by atoms with Gasteiger partial charge in [-0.15, -0.1) is 0 Å². The van der Waals surface area contributed by atoms with Gasteiger partial charge in [-0.3, -0.25) is 14.5 Å². The summed E-state index contributed by atoms with van der Waals surface area (Å²) in [6.45, 7) is 6.55. The molecule has 3 heterocycles. The number of benzene rings is 2. The van der Waals surface area contributed by atoms with Gasteiger partial charge in [0.05, 0.1) is 18.0 Å². The van der Waals surface area contributed by atoms with Gasteiger partial charge in [0.25, 0.3) is 5.91 Å². The highest BCUT2D eigenvalue weighted by molar-refractivity contribution is 5.97. The van der Waals surface area contributed by atoms with Crippen molar-refractivity contribution in [2.75, 3.05) is 27.2 Å². The maximum Gasteiger partial charge on any atom is 0.253 e. The van der Waals surface area contributed by atoms with E-state index < -0.39 is 0 Å². The van der Waals surface area contributed by atoms with Gasteiger partial charge in [0.15, 0.2) is 5.65 Å². The minimum Gasteiger partial charge on any atom is -0.393 e. The Balaban J connectivity index is 1.21. The van der Waals surface area contributed by atoms with Crippen molar-refractivity contribution in [3.63, 3.8) is 0 Å². The predicted octanol–water partition coefficient (Wildman–Crippen LogP) is 4.39. The van der Waals surface area contributed by atoms with Crippen LogP contribution in [-0.4, -0.2) is 81.0 Å². The molecule has 2 aromatic heterocycles. The molecule has 9 nitrogen and oxygen atoms in total. The van der Waals surface area contributed by atoms with Crippen molar-refractivity contribution in [1.82, 2.24) is 30.1 Å². The van der Waals surface area contributed by atoms with Crippen LogP contribution in [0, 0.1) is 13.8 Å². The summed E-state index contributed by atoms with van der Waals surface area (Å²) in [4.78, 5) is 42.0. The van der Waals surface area contributed by atoms with Crippen LogP contribution in [0.4, 0.5) is 0 Å². The zero-order valence-corrected chi connectivity index (χ0v) is 25.4. The number of aliphatic hydroxyl groups excluding tert-OH is 1. The number of aromatic nitrogens is 3. The second-order valence-electron chi connectivity index (χ2n) is 12.3. The Labute approximate surface area is 252 Å². The van der Waals surface area contributed by atoms with Crippen LogP contribution in [0.3, 0.4) is 0 Å². The minimum absolute atomic E-state index is 0.0144. The fourth-order valence-corrected chi connectivity index (χ4v) is 6.53. The Hall–Kier alpha value is -4.08. The lowest BCUT2D eigenvalue weighted by molar-refractivity contribution is -0.122. The quantitative estimate of drug-likeness (QED) is 0.299. The van der Waals surface area contributed by atoms with Crippen molar-refractivity contribution < 1.29 is 14.7 Å². The summed E-state index contributed by atoms with van der Waals surface area (Å²) in [5, 5.41) is 12.8. The molecule has 224 valence electrons. The number of hydrogen-bond donors (Lipinski definition) is 3. The number of aromatic amines is 1. The number of rotatable bonds is 7. The summed E-state index contributed by atoms with van der Waals surface area (Å²) in [5.41, 5.74) is 10.8. The lowest BCUT2D eigenvalue weighted by Crippen LogP contribution is -2.37. The summed E-state index contributed by atoms with van der Waals surface area (Å²) >= 11 is 0. The minimum atomic E-state index is -0.286. The number of fused-ring (bicyclic) bond motifs is 2. The number of nitrogens with one attached hydrogen (secondary N) is 2. The monoisotopic (exact) mass is 580 g/mol. The summed E-state index contributed by atoms with van der Waals surface area (Å²) in [5.74, 6) is 0.0503. The van der Waals surface area contributed by atoms with Crippen LogP contribution >= 0.6 is 0 Å². The number of aryl methyl sites for hydroxylation is 2. The van der Waals surface area contributed by atoms with Gasteiger partial charge < -0.3 is 20.3 Å². The van der Waals surface area contributed by atoms with Gasteiger partial charge in [-0.1, -0.05) is 12.1 Å². The van der Waals surface area contributed by atoms with Gasteiger partial charge in [0.2, 0.25) is 5.91 Å². The van der Waals surface area contributed by atoms with Crippen LogP contribution in [0.1, 0.15) is 58.3 Å². The molecule has 1 saturated carbocycles. The van der Waals surface area contributed by atoms with Crippen molar-refractivity contribution >= 4 is 23.0 Å². The zero-order chi connectivity index (χ0) is 30.2. The van der Waals surface area contributed by atoms with E-state index in [-0.39, 0.29) is 24.0 Å². The van der Waals surface area contributed by atoms with Crippen molar-refractivity contribution in [1.29, 1.82) is 0 Å². The molecule has 0 radical (unpaired) electrons. The highest BCUT2D eigenvalue weighted by Crippen LogP contribution is 2.32. The molecule has 6 rings (SSSR count). The van der Waals surface area contributed by atoms with E-state index >= 15 is 0 Å². The highest BCUT2D eigenvalue weighted by atomic mass is 16.3. The van der Waals surface area contributed by atoms with E-state index in [2.05, 4.69) is 34.3 Å². The van der Waals surface area contributed by atoms with E-state index in [9.17, 15) is 14.7 Å². The Morgan fingerprint density at radius 2 is 1.93 bits per heavy atom. The standard InChI is InChI=1S/C34H40N6O3/c1-20-14-23(15-24-19-40(11-9-27(20)24)12-10-31(42)37-25-6-7-26(41)16-25)30-18-36-33-32(38-30)29(17-35-33)22-5-8-28(21(2)13-22)34(43)39(3)4/h5,8,13-15,17-18,25-26,41H,6-7,9-12,16,19H2,1-4H3,(H,35,36)(H,37,42)/t25-,26-/m0/s1. The van der Waals surface area contributed by atoms with Crippen molar-refractivity contribution in [3.8, 4) is 22.4 Å². The Morgan fingerprint density at radius 1 is 1.12 bits per heavy atom. The number of H-pyrrole nitrogens is 1. The molecule has 2 atom stereocenters. The van der Waals surface area contributed by atoms with Gasteiger partial charge in [-0.2, -0.15) is 0 Å². The zero-order valence-electron chi connectivity index (χ0n) is 25.4. The summed E-state index contributed by atoms with van der Waals surface area (Å²) in [7, 11) is 3.52. The maximum absolute atomic E-state index is 12.5. The first kappa shape index (κ1) is 29.0. The van der Waals surface area contributed by atoms with Crippen LogP contribution in [0.15, 0.2) is 42.7 Å². The molecule has 0 saturated heterocycles. The number of hydrogen-bond acceptors (Lipinski definition) is 6. The van der Waals surface area contributed by atoms with Crippen LogP contribution in [0.25, 0.3) is 33.5 Å². The first-order valence-corrected chi connectivity index (χ1v) is 15.2. The topological polar surface area (TPSA) is 114 Å². The normalized spacial score (nSPS) is 18.5. The maximum atomic E-state index is 12.5. The number of carbonyl (C=O) groups is 2. The first-order chi connectivity index (χ1) is 20.7. The third-order valence-electron chi connectivity index (χ3n) is 8.91. The Kier molecular flexibility index (Phi) is 8.03. The van der Waals surface area contributed by atoms with Gasteiger partial charge >= 0.3 is 0 Å². The van der Waals surface area contributed by atoms with Crippen LogP contribution in [0.2, 0.25) is 0 Å². The fourth-order valence-electron chi connectivity index (χ4n) is 6.53. The molecule has 0 unspecified atom stereocenters. The second kappa shape index (κ2) is 11.9. The molecule has 1 fully saturated rings. The number of carbonyl (C=O) groups excluding carboxylic acids is 2. The van der Waals surface area contributed by atoms with Crippen LogP contribution < -0.4 is 5.32 Å². The van der Waals surface area contributed by atoms with Gasteiger partial charge in [0, 0.05) is 69.1 Å². The molecule has 1 aliphatic carbocycles. The van der Waals surface area contributed by atoms with Crippen molar-refractivity contribution in [2.45, 2.75) is 64.6 Å². The second-order valence-corrected chi connectivity index (χ2v) is 12.3. The third-order valence-corrected chi connectivity index (χ3v) is 8.91. The predicted molar refractivity (Wildman–Crippen MR) is 168 cm³/mol. The van der Waals surface area contributed by atoms with Gasteiger partial charge in [-0.25, -0.2) is 9.97 Å². The van der Waals surface area contributed by atoms with E-state index in [4.69, 9.17) is 9.97 Å². The van der Waals surface area contributed by atoms with E-state index in [1.54, 1.807) is 19.0 Å². The van der Waals surface area contributed by atoms with E-state index in [1.165, 1.54) is 16.7 Å². The molecule has 9 heteroatoms. The van der Waals surface area contributed by atoms with Gasteiger partial charge in [-0.05, 0) is 85.5 Å². The molecular weight excluding hydrogens is 540 g/mol. The van der Waals surface area contributed by atoms with E-state index in [0.717, 1.165) is 71.5 Å². The van der Waals surface area contributed by atoms with Crippen molar-refractivity contribution in [2.24, 2.45) is 0 Å². The number of aliphatic hydroxyl groups is 1. The van der Waals surface area contributed by atoms with Crippen LogP contribution in [0.5, 0.6) is 0 Å². The summed E-state index contributed by atoms with van der Waals surface area (Å²) < 4.78 is 0. The summed E-state index contributed by atoms with van der Waals surface area (Å²) in [6.07, 6.45) is 7.16. The van der Waals surface area contributed by atoms with E-state index in [1.807, 2.05) is 37.5 Å². The third kappa shape index (κ3) is 6.05. The fraction of sp³-hybridized carbons (Fsp3) is 0.412. The first-order valence-electron chi connectivity index (χ1n) is 15.2. The lowest BCUT2D eigenvalue weighted by Gasteiger charge is -2.30. The van der Waals surface area contributed by atoms with E-state index in [0.29, 0.717) is 24.9 Å². The molecule has 3 N–H and O–H groups in total. The molecule has 43 heavy (non-hydrogen) atoms. The van der Waals surface area contributed by atoms with Gasteiger partial charge in [0.1, 0.15) is 5.52 Å². The average Bonchev–Trinajstić information content (AvgIpc) is 3.60. The molecule has 1 aliphatic heterocycles. The molecule has 0 bridgehead atoms. The Morgan fingerprint density at radius 3 is 2.67 bits per heavy atom. The average molecular weight is 581 g/mol. The molecular formula is C34H40N6O3. The smallest absolute Gasteiger partial charge is 0.253 e. The summed E-state index contributed by atoms with van der Waals surface area (Å²) in [6, 6.07) is 10.4. The number of amides is 2. The highest BCUT2D eigenvalue weighted by Gasteiger charge is 2.25. The Bertz CT molecular complexity index is 1690. The van der Waals surface area contributed by atoms with Crippen molar-refractivity contribution in [3.05, 3.63) is 70.5 Å².